The Kier molecular flexibility index (Phi) is 3.17. The summed E-state index contributed by atoms with van der Waals surface area (Å²) < 4.78 is 5.52. The van der Waals surface area contributed by atoms with Crippen molar-refractivity contribution in [2.45, 2.75) is 45.4 Å². The molecule has 0 amide bonds. The van der Waals surface area contributed by atoms with Gasteiger partial charge in [0.05, 0.1) is 12.7 Å². The quantitative estimate of drug-likeness (QED) is 0.723. The fourth-order valence-corrected chi connectivity index (χ4v) is 1.82. The Balaban J connectivity index is 2.76. The van der Waals surface area contributed by atoms with Gasteiger partial charge in [-0.05, 0) is 27.7 Å². The summed E-state index contributed by atoms with van der Waals surface area (Å²) in [6.07, 6.45) is 0.116. The van der Waals surface area contributed by atoms with Crippen molar-refractivity contribution in [3.8, 4) is 0 Å². The summed E-state index contributed by atoms with van der Waals surface area (Å²) in [7, 11) is 0. The van der Waals surface area contributed by atoms with Gasteiger partial charge < -0.3 is 9.84 Å². The van der Waals surface area contributed by atoms with Crippen LogP contribution in [0.3, 0.4) is 0 Å². The van der Waals surface area contributed by atoms with E-state index in [1.165, 1.54) is 0 Å². The van der Waals surface area contributed by atoms with Crippen molar-refractivity contribution in [3.05, 3.63) is 0 Å². The molecule has 2 atom stereocenters. The Morgan fingerprint density at radius 1 is 1.64 bits per heavy atom. The molecule has 1 rings (SSSR count). The van der Waals surface area contributed by atoms with Gasteiger partial charge in [0.2, 0.25) is 0 Å². The highest BCUT2D eigenvalue weighted by Crippen LogP contribution is 2.24. The highest BCUT2D eigenvalue weighted by Gasteiger charge is 2.38. The zero-order valence-corrected chi connectivity index (χ0v) is 9.28. The average molecular weight is 201 g/mol. The van der Waals surface area contributed by atoms with E-state index in [9.17, 15) is 4.79 Å². The number of rotatable bonds is 2. The molecule has 0 aromatic heterocycles. The zero-order chi connectivity index (χ0) is 10.9. The topological polar surface area (TPSA) is 49.8 Å². The Bertz CT molecular complexity index is 227. The molecule has 1 fully saturated rings. The molecule has 0 aromatic rings. The van der Waals surface area contributed by atoms with E-state index >= 15 is 0 Å². The molecule has 82 valence electrons. The molecule has 0 radical (unpaired) electrons. The Morgan fingerprint density at radius 2 is 2.21 bits per heavy atom. The fourth-order valence-electron chi connectivity index (χ4n) is 1.82. The van der Waals surface area contributed by atoms with E-state index in [0.29, 0.717) is 13.2 Å². The summed E-state index contributed by atoms with van der Waals surface area (Å²) in [5.41, 5.74) is -0.190. The van der Waals surface area contributed by atoms with Gasteiger partial charge in [-0.1, -0.05) is 0 Å². The predicted molar refractivity (Wildman–Crippen MR) is 53.3 cm³/mol. The molecule has 1 aliphatic rings. The minimum Gasteiger partial charge on any atom is -0.480 e. The second kappa shape index (κ2) is 3.87. The van der Waals surface area contributed by atoms with Gasteiger partial charge >= 0.3 is 5.97 Å². The van der Waals surface area contributed by atoms with Gasteiger partial charge in [-0.15, -0.1) is 0 Å². The molecule has 0 saturated carbocycles. The third-order valence-electron chi connectivity index (χ3n) is 2.78. The standard InChI is InChI=1S/C10H19NO3/c1-7-5-11(8(2)9(12)13)10(3,4)6-14-7/h7-8H,5-6H2,1-4H3,(H,12,13). The highest BCUT2D eigenvalue weighted by atomic mass is 16.5. The zero-order valence-electron chi connectivity index (χ0n) is 9.28. The number of ether oxygens (including phenoxy) is 1. The lowest BCUT2D eigenvalue weighted by atomic mass is 9.98. The SMILES string of the molecule is CC1CN(C(C)C(=O)O)C(C)(C)CO1. The molecule has 1 N–H and O–H groups in total. The smallest absolute Gasteiger partial charge is 0.320 e. The molecule has 2 unspecified atom stereocenters. The number of morpholine rings is 1. The van der Waals surface area contributed by atoms with Crippen molar-refractivity contribution in [1.29, 1.82) is 0 Å². The first kappa shape index (κ1) is 11.5. The van der Waals surface area contributed by atoms with Crippen LogP contribution in [0, 0.1) is 0 Å². The summed E-state index contributed by atoms with van der Waals surface area (Å²) in [5, 5.41) is 8.97. The lowest BCUT2D eigenvalue weighted by Gasteiger charge is -2.46. The lowest BCUT2D eigenvalue weighted by molar-refractivity contribution is -0.154. The molecule has 0 spiro atoms. The lowest BCUT2D eigenvalue weighted by Crippen LogP contribution is -2.60. The van der Waals surface area contributed by atoms with Gasteiger partial charge in [-0.2, -0.15) is 0 Å². The van der Waals surface area contributed by atoms with Crippen LogP contribution in [0.4, 0.5) is 0 Å². The van der Waals surface area contributed by atoms with Crippen LogP contribution in [0.2, 0.25) is 0 Å². The number of hydrogen-bond donors (Lipinski definition) is 1. The van der Waals surface area contributed by atoms with E-state index in [4.69, 9.17) is 9.84 Å². The van der Waals surface area contributed by atoms with E-state index in [0.717, 1.165) is 0 Å². The second-order valence-electron chi connectivity index (χ2n) is 4.60. The maximum atomic E-state index is 10.9. The van der Waals surface area contributed by atoms with Crippen molar-refractivity contribution >= 4 is 5.97 Å². The van der Waals surface area contributed by atoms with Crippen molar-refractivity contribution in [2.24, 2.45) is 0 Å². The molecule has 1 saturated heterocycles. The molecular formula is C10H19NO3. The van der Waals surface area contributed by atoms with Gasteiger partial charge in [0.1, 0.15) is 6.04 Å². The summed E-state index contributed by atoms with van der Waals surface area (Å²) in [6.45, 7) is 8.99. The first-order valence-electron chi connectivity index (χ1n) is 4.96. The van der Waals surface area contributed by atoms with E-state index in [1.807, 2.05) is 25.7 Å². The Labute approximate surface area is 84.8 Å². The number of hydrogen-bond acceptors (Lipinski definition) is 3. The van der Waals surface area contributed by atoms with Crippen LogP contribution in [0.5, 0.6) is 0 Å². The largest absolute Gasteiger partial charge is 0.480 e. The molecule has 0 aliphatic carbocycles. The van der Waals surface area contributed by atoms with Crippen molar-refractivity contribution < 1.29 is 14.6 Å². The average Bonchev–Trinajstić information content (AvgIpc) is 2.08. The third-order valence-corrected chi connectivity index (χ3v) is 2.78. The maximum Gasteiger partial charge on any atom is 0.320 e. The van der Waals surface area contributed by atoms with Crippen molar-refractivity contribution in [3.63, 3.8) is 0 Å². The van der Waals surface area contributed by atoms with Crippen LogP contribution in [0.1, 0.15) is 27.7 Å². The van der Waals surface area contributed by atoms with Gasteiger partial charge in [0.15, 0.2) is 0 Å². The van der Waals surface area contributed by atoms with Gasteiger partial charge in [0.25, 0.3) is 0 Å². The number of nitrogens with zero attached hydrogens (tertiary/aromatic N) is 1. The first-order valence-corrected chi connectivity index (χ1v) is 4.96. The van der Waals surface area contributed by atoms with E-state index < -0.39 is 12.0 Å². The van der Waals surface area contributed by atoms with Gasteiger partial charge in [0, 0.05) is 12.1 Å². The maximum absolute atomic E-state index is 10.9. The molecule has 4 heteroatoms. The normalized spacial score (nSPS) is 29.9. The van der Waals surface area contributed by atoms with Crippen LogP contribution in [0.15, 0.2) is 0 Å². The molecular weight excluding hydrogens is 182 g/mol. The number of aliphatic carboxylic acids is 1. The highest BCUT2D eigenvalue weighted by molar-refractivity contribution is 5.73. The van der Waals surface area contributed by atoms with Crippen molar-refractivity contribution in [1.82, 2.24) is 4.90 Å². The molecule has 1 aliphatic heterocycles. The van der Waals surface area contributed by atoms with Gasteiger partial charge in [-0.25, -0.2) is 0 Å². The van der Waals surface area contributed by atoms with E-state index in [2.05, 4.69) is 0 Å². The van der Waals surface area contributed by atoms with Crippen LogP contribution in [-0.2, 0) is 9.53 Å². The third kappa shape index (κ3) is 2.25. The summed E-state index contributed by atoms with van der Waals surface area (Å²) in [5.74, 6) is -0.771. The minimum absolute atomic E-state index is 0.116. The summed E-state index contributed by atoms with van der Waals surface area (Å²) in [6, 6.07) is -0.448. The van der Waals surface area contributed by atoms with E-state index in [-0.39, 0.29) is 11.6 Å². The second-order valence-corrected chi connectivity index (χ2v) is 4.60. The van der Waals surface area contributed by atoms with Crippen LogP contribution >= 0.6 is 0 Å². The van der Waals surface area contributed by atoms with Crippen LogP contribution in [-0.4, -0.2) is 46.8 Å². The van der Waals surface area contributed by atoms with E-state index in [1.54, 1.807) is 6.92 Å². The molecule has 0 bridgehead atoms. The van der Waals surface area contributed by atoms with Crippen LogP contribution in [0.25, 0.3) is 0 Å². The first-order chi connectivity index (χ1) is 6.34. The number of carboxylic acids is 1. The van der Waals surface area contributed by atoms with Crippen LogP contribution < -0.4 is 0 Å². The Hall–Kier alpha value is -0.610. The number of carbonyl (C=O) groups is 1. The van der Waals surface area contributed by atoms with Gasteiger partial charge in [-0.3, -0.25) is 9.69 Å². The Morgan fingerprint density at radius 3 is 2.71 bits per heavy atom. The summed E-state index contributed by atoms with van der Waals surface area (Å²) >= 11 is 0. The molecule has 14 heavy (non-hydrogen) atoms. The monoisotopic (exact) mass is 201 g/mol. The van der Waals surface area contributed by atoms with Crippen molar-refractivity contribution in [2.75, 3.05) is 13.2 Å². The predicted octanol–water partition coefficient (Wildman–Crippen LogP) is 0.959. The number of carboxylic acid groups (broad SMARTS) is 1. The molecule has 0 aromatic carbocycles. The minimum atomic E-state index is -0.771. The fraction of sp³-hybridized carbons (Fsp3) is 0.900. The summed E-state index contributed by atoms with van der Waals surface area (Å²) in [4.78, 5) is 12.9. The molecule has 1 heterocycles. The molecule has 4 nitrogen and oxygen atoms in total.